The zero-order valence-corrected chi connectivity index (χ0v) is 45.9. The summed E-state index contributed by atoms with van der Waals surface area (Å²) in [4.78, 5) is 113. The summed E-state index contributed by atoms with van der Waals surface area (Å²) in [5.41, 5.74) is 2.84. The summed E-state index contributed by atoms with van der Waals surface area (Å²) in [6.07, 6.45) is 14.1. The number of hydrogen-bond donors (Lipinski definition) is 2. The van der Waals surface area contributed by atoms with Gasteiger partial charge in [-0.25, -0.2) is 4.79 Å². The maximum atomic E-state index is 14.3. The summed E-state index contributed by atoms with van der Waals surface area (Å²) in [5.74, 6) is -3.16. The third-order valence-electron chi connectivity index (χ3n) is 15.1. The number of hydrogen-bond acceptors (Lipinski definition) is 12. The predicted molar refractivity (Wildman–Crippen MR) is 283 cm³/mol. The van der Waals surface area contributed by atoms with Crippen molar-refractivity contribution in [3.8, 4) is 0 Å². The van der Waals surface area contributed by atoms with Crippen LogP contribution in [0.15, 0.2) is 60.2 Å². The van der Waals surface area contributed by atoms with Gasteiger partial charge in [0, 0.05) is 72.2 Å². The average Bonchev–Trinajstić information content (AvgIpc) is 4.01. The lowest BCUT2D eigenvalue weighted by atomic mass is 9.90. The largest absolute Gasteiger partial charge is 0.467 e. The summed E-state index contributed by atoms with van der Waals surface area (Å²) in [7, 11) is 9.67. The van der Waals surface area contributed by atoms with Crippen LogP contribution in [0.4, 0.5) is 5.69 Å². The van der Waals surface area contributed by atoms with Gasteiger partial charge in [-0.15, -0.1) is 0 Å². The number of amides is 7. The number of allylic oxidation sites excluding steroid dienone is 3. The molecule has 0 aromatic heterocycles. The van der Waals surface area contributed by atoms with Crippen LogP contribution in [0.5, 0.6) is 0 Å². The summed E-state index contributed by atoms with van der Waals surface area (Å²) in [5, 5.41) is 5.79. The van der Waals surface area contributed by atoms with E-state index < -0.39 is 48.3 Å². The first-order valence-corrected chi connectivity index (χ1v) is 26.5. The fourth-order valence-corrected chi connectivity index (χ4v) is 10.5. The third kappa shape index (κ3) is 16.9. The Hall–Kier alpha value is -5.72. The van der Waals surface area contributed by atoms with Crippen LogP contribution in [0.25, 0.3) is 0 Å². The molecule has 1 saturated heterocycles. The zero-order valence-electron chi connectivity index (χ0n) is 45.9. The molecule has 410 valence electrons. The molecule has 2 heterocycles. The Morgan fingerprint density at radius 2 is 1.55 bits per heavy atom. The normalized spacial score (nSPS) is 18.4. The van der Waals surface area contributed by atoms with Crippen molar-refractivity contribution in [1.82, 2.24) is 30.2 Å². The molecule has 18 heteroatoms. The van der Waals surface area contributed by atoms with Gasteiger partial charge >= 0.3 is 5.97 Å². The van der Waals surface area contributed by atoms with Gasteiger partial charge in [0.25, 0.3) is 11.8 Å². The number of carbonyl (C=O) groups excluding carboxylic acids is 8. The van der Waals surface area contributed by atoms with Gasteiger partial charge in [-0.1, -0.05) is 83.4 Å². The minimum Gasteiger partial charge on any atom is -0.467 e. The number of rotatable bonds is 30. The number of nitrogens with one attached hydrogen (secondary N) is 2. The topological polar surface area (TPSA) is 205 Å². The molecular weight excluding hydrogens is 947 g/mol. The van der Waals surface area contributed by atoms with Crippen molar-refractivity contribution >= 4 is 53.0 Å². The highest BCUT2D eigenvalue weighted by atomic mass is 16.5. The number of nitrogens with zero attached hydrogens (tertiary/aromatic N) is 5. The minimum atomic E-state index is -0.863. The predicted octanol–water partition coefficient (Wildman–Crippen LogP) is 4.99. The zero-order chi connectivity index (χ0) is 54.6. The van der Waals surface area contributed by atoms with Crippen LogP contribution in [-0.2, 0) is 59.0 Å². The summed E-state index contributed by atoms with van der Waals surface area (Å²) < 4.78 is 17.0. The number of unbranched alkanes of at least 4 members (excludes halogenated alkanes) is 2. The fourth-order valence-electron chi connectivity index (χ4n) is 10.5. The van der Waals surface area contributed by atoms with E-state index in [9.17, 15) is 38.4 Å². The molecule has 18 nitrogen and oxygen atoms in total. The summed E-state index contributed by atoms with van der Waals surface area (Å²) >= 11 is 0. The lowest BCUT2D eigenvalue weighted by molar-refractivity contribution is -0.148. The van der Waals surface area contributed by atoms with Crippen molar-refractivity contribution < 1.29 is 52.6 Å². The maximum Gasteiger partial charge on any atom is 0.328 e. The second-order valence-corrected chi connectivity index (χ2v) is 20.5. The van der Waals surface area contributed by atoms with E-state index in [0.29, 0.717) is 77.4 Å². The van der Waals surface area contributed by atoms with Gasteiger partial charge in [0.2, 0.25) is 29.5 Å². The van der Waals surface area contributed by atoms with E-state index in [1.165, 1.54) is 38.4 Å². The molecule has 2 N–H and O–H groups in total. The molecule has 1 fully saturated rings. The maximum absolute atomic E-state index is 14.3. The molecular formula is C56H85N7O11. The van der Waals surface area contributed by atoms with Crippen molar-refractivity contribution in [3.63, 3.8) is 0 Å². The lowest BCUT2D eigenvalue weighted by Gasteiger charge is -2.39. The van der Waals surface area contributed by atoms with Gasteiger partial charge < -0.3 is 39.5 Å². The molecule has 0 radical (unpaired) electrons. The Bertz CT molecular complexity index is 2160. The molecule has 74 heavy (non-hydrogen) atoms. The van der Waals surface area contributed by atoms with E-state index in [-0.39, 0.29) is 66.2 Å². The van der Waals surface area contributed by atoms with E-state index in [1.807, 2.05) is 76.1 Å². The number of likely N-dealkylation sites (N-methyl/N-ethyl adjacent to an activating group) is 2. The Balaban J connectivity index is 1.30. The molecule has 0 unspecified atom stereocenters. The van der Waals surface area contributed by atoms with Crippen molar-refractivity contribution in [2.75, 3.05) is 73.6 Å². The highest BCUT2D eigenvalue weighted by Crippen LogP contribution is 2.30. The molecule has 0 saturated carbocycles. The van der Waals surface area contributed by atoms with Crippen LogP contribution in [0.1, 0.15) is 111 Å². The average molecular weight is 1030 g/mol. The number of ether oxygens (including phenoxy) is 3. The van der Waals surface area contributed by atoms with Gasteiger partial charge in [0.15, 0.2) is 0 Å². The molecule has 1 aromatic carbocycles. The summed E-state index contributed by atoms with van der Waals surface area (Å²) in [6.45, 7) is 10.8. The van der Waals surface area contributed by atoms with E-state index in [0.717, 1.165) is 29.7 Å². The van der Waals surface area contributed by atoms with Crippen molar-refractivity contribution in [1.29, 1.82) is 0 Å². The highest BCUT2D eigenvalue weighted by Gasteiger charge is 2.43. The smallest absolute Gasteiger partial charge is 0.328 e. The van der Waals surface area contributed by atoms with E-state index in [1.54, 1.807) is 35.7 Å². The van der Waals surface area contributed by atoms with Crippen LogP contribution in [0, 0.1) is 17.8 Å². The quantitative estimate of drug-likeness (QED) is 0.0595. The first kappa shape index (κ1) is 60.8. The first-order chi connectivity index (χ1) is 35.3. The van der Waals surface area contributed by atoms with E-state index >= 15 is 0 Å². The molecule has 2 aliphatic heterocycles. The number of benzene rings is 1. The molecule has 1 aromatic rings. The minimum absolute atomic E-state index is 0.0244. The van der Waals surface area contributed by atoms with Crippen LogP contribution < -0.4 is 15.5 Å². The monoisotopic (exact) mass is 1030 g/mol. The van der Waals surface area contributed by atoms with Gasteiger partial charge in [0.05, 0.1) is 56.3 Å². The van der Waals surface area contributed by atoms with Crippen LogP contribution in [0.3, 0.4) is 0 Å². The molecule has 7 amide bonds. The van der Waals surface area contributed by atoms with Gasteiger partial charge in [-0.3, -0.25) is 43.4 Å². The van der Waals surface area contributed by atoms with Crippen LogP contribution in [-0.4, -0.2) is 172 Å². The lowest BCUT2D eigenvalue weighted by Crippen LogP contribution is -2.55. The number of esters is 1. The number of imide groups is 1. The number of carbonyl (C=O) groups is 8. The van der Waals surface area contributed by atoms with Crippen LogP contribution >= 0.6 is 0 Å². The second-order valence-electron chi connectivity index (χ2n) is 20.5. The molecule has 8 atom stereocenters. The first-order valence-electron chi connectivity index (χ1n) is 26.5. The Labute approximate surface area is 439 Å². The van der Waals surface area contributed by atoms with Crippen LogP contribution in [0.2, 0.25) is 0 Å². The number of anilines is 1. The van der Waals surface area contributed by atoms with E-state index in [2.05, 4.69) is 16.7 Å². The fraction of sp³-hybridized carbons (Fsp3) is 0.643. The van der Waals surface area contributed by atoms with E-state index in [4.69, 9.17) is 14.2 Å². The summed E-state index contributed by atoms with van der Waals surface area (Å²) in [6, 6.07) is 5.45. The Morgan fingerprint density at radius 3 is 2.15 bits per heavy atom. The third-order valence-corrected chi connectivity index (χ3v) is 15.1. The highest BCUT2D eigenvalue weighted by molar-refractivity contribution is 6.12. The number of methoxy groups -OCH3 is 3. The SMILES string of the molecule is CC[C@H](C)[C@@H]([C@@H](CC(=O)N1CCC[C@H]1[C@H](OC)[C@@H](C)C(=O)N[C@@H](CC1=CC=CCC1)C(=O)OC)OC)N(C)C(=O)CNC(=O)[C@H](C(C)C)N(C)CCc1ccc(N(C)C(=O)CCCCCN2C(=O)C=CC2=O)cc1. The van der Waals surface area contributed by atoms with Gasteiger partial charge in [-0.05, 0) is 87.9 Å². The second kappa shape index (κ2) is 30.0. The Morgan fingerprint density at radius 1 is 0.865 bits per heavy atom. The number of likely N-dealkylation sites (tertiary alicyclic amines) is 1. The van der Waals surface area contributed by atoms with Gasteiger partial charge in [0.1, 0.15) is 6.04 Å². The molecule has 0 spiro atoms. The van der Waals surface area contributed by atoms with Crippen molar-refractivity contribution in [2.24, 2.45) is 17.8 Å². The Kier molecular flexibility index (Phi) is 24.7. The molecule has 1 aliphatic carbocycles. The van der Waals surface area contributed by atoms with Crippen molar-refractivity contribution in [2.45, 2.75) is 148 Å². The molecule has 0 bridgehead atoms. The molecule has 3 aliphatic rings. The van der Waals surface area contributed by atoms with Gasteiger partial charge in [-0.2, -0.15) is 0 Å². The van der Waals surface area contributed by atoms with Crippen molar-refractivity contribution in [3.05, 3.63) is 65.8 Å². The molecule has 4 rings (SSSR count). The standard InChI is InChI=1S/C56H85N7O11/c1-12-38(4)52(45(72-9)35-49(67)62-32-19-22-44(62)53(73-10)39(5)54(69)58-43(56(71)74-11)34-41-20-15-13-16-21-41)61(8)50(68)36-57-55(70)51(37(2)3)59(6)33-30-40-24-26-42(27-25-40)60(7)46(64)23-17-14-18-31-63-47(65)28-29-48(63)66/h13,15,20,24-29,37-39,43-45,51-53H,12,14,16-19,21-23,30-36H2,1-11H3,(H,57,70)(H,58,69)/t38-,39+,43-,44-,45+,51-,52-,53+/m0/s1.